The Morgan fingerprint density at radius 1 is 1.17 bits per heavy atom. The summed E-state index contributed by atoms with van der Waals surface area (Å²) in [5.74, 6) is -0.359. The Morgan fingerprint density at radius 2 is 1.94 bits per heavy atom. The molecule has 0 radical (unpaired) electrons. The number of rotatable bonds is 4. The lowest BCUT2D eigenvalue weighted by atomic mass is 9.99. The first-order valence-corrected chi connectivity index (χ1v) is 11.9. The van der Waals surface area contributed by atoms with Crippen molar-refractivity contribution in [3.8, 4) is 11.1 Å². The van der Waals surface area contributed by atoms with Gasteiger partial charge in [-0.1, -0.05) is 0 Å². The zero-order valence-corrected chi connectivity index (χ0v) is 19.8. The van der Waals surface area contributed by atoms with Gasteiger partial charge >= 0.3 is 12.2 Å². The molecule has 2 aliphatic heterocycles. The number of fused-ring (bicyclic) bond motifs is 1. The lowest BCUT2D eigenvalue weighted by Gasteiger charge is -2.29. The highest BCUT2D eigenvalue weighted by Gasteiger charge is 2.36. The average molecular weight is 506 g/mol. The Morgan fingerprint density at radius 3 is 2.69 bits per heavy atom. The van der Waals surface area contributed by atoms with Gasteiger partial charge in [0, 0.05) is 32.6 Å². The molecular formula is C25H27F4N5O2. The van der Waals surface area contributed by atoms with E-state index in [0.29, 0.717) is 31.9 Å². The van der Waals surface area contributed by atoms with Gasteiger partial charge in [0.2, 0.25) is 0 Å². The lowest BCUT2D eigenvalue weighted by molar-refractivity contribution is -0.143. The fourth-order valence-electron chi connectivity index (χ4n) is 4.97. The van der Waals surface area contributed by atoms with Crippen LogP contribution in [0.2, 0.25) is 0 Å². The number of nitrogens with one attached hydrogen (secondary N) is 1. The van der Waals surface area contributed by atoms with E-state index in [2.05, 4.69) is 15.3 Å². The monoisotopic (exact) mass is 505 g/mol. The van der Waals surface area contributed by atoms with Gasteiger partial charge in [-0.2, -0.15) is 18.3 Å². The molecule has 2 saturated heterocycles. The number of aryl methyl sites for hydroxylation is 1. The Balaban J connectivity index is 1.41. The van der Waals surface area contributed by atoms with Gasteiger partial charge in [0.25, 0.3) is 0 Å². The number of hydrogen-bond acceptors (Lipinski definition) is 4. The second kappa shape index (κ2) is 9.61. The molecule has 0 bridgehead atoms. The smallest absolute Gasteiger partial charge is 0.378 e. The topological polar surface area (TPSA) is 62.1 Å². The highest BCUT2D eigenvalue weighted by Crippen LogP contribution is 2.34. The van der Waals surface area contributed by atoms with E-state index in [-0.39, 0.29) is 25.2 Å². The maximum Gasteiger partial charge on any atom is 0.389 e. The third kappa shape index (κ3) is 5.11. The predicted octanol–water partition coefficient (Wildman–Crippen LogP) is 5.09. The summed E-state index contributed by atoms with van der Waals surface area (Å²) in [4.78, 5) is 16.2. The number of halogens is 4. The molecule has 1 aromatic carbocycles. The summed E-state index contributed by atoms with van der Waals surface area (Å²) in [6, 6.07) is 8.16. The number of amides is 2. The summed E-state index contributed by atoms with van der Waals surface area (Å²) in [7, 11) is 0. The minimum absolute atomic E-state index is 0.00747. The van der Waals surface area contributed by atoms with Crippen LogP contribution in [0.25, 0.3) is 16.6 Å². The number of morpholine rings is 1. The SMILES string of the molecule is Cc1cc(F)c(NC(=O)N2CC[C@@H](CC(F)(F)F)C2)cc1-c1cc(N2CCOCC2)n2nccc2c1. The largest absolute Gasteiger partial charge is 0.389 e. The number of alkyl halides is 3. The van der Waals surface area contributed by atoms with Crippen LogP contribution in [0.1, 0.15) is 18.4 Å². The number of likely N-dealkylation sites (tertiary alicyclic amines) is 1. The molecule has 2 aliphatic rings. The molecule has 36 heavy (non-hydrogen) atoms. The fourth-order valence-corrected chi connectivity index (χ4v) is 4.97. The molecular weight excluding hydrogens is 478 g/mol. The maximum absolute atomic E-state index is 14.8. The van der Waals surface area contributed by atoms with Crippen LogP contribution in [-0.2, 0) is 4.74 Å². The zero-order valence-electron chi connectivity index (χ0n) is 19.8. The maximum atomic E-state index is 14.8. The van der Waals surface area contributed by atoms with Gasteiger partial charge in [0.1, 0.15) is 11.6 Å². The van der Waals surface area contributed by atoms with Crippen LogP contribution in [0.3, 0.4) is 0 Å². The Labute approximate surface area is 205 Å². The van der Waals surface area contributed by atoms with Crippen LogP contribution >= 0.6 is 0 Å². The van der Waals surface area contributed by atoms with Crippen molar-refractivity contribution in [2.75, 3.05) is 49.6 Å². The highest BCUT2D eigenvalue weighted by molar-refractivity contribution is 5.91. The standard InChI is InChI=1S/C25H27F4N5O2/c1-16-10-21(26)22(31-24(35)33-5-3-17(15-33)14-25(27,28)29)13-20(16)18-11-19-2-4-30-34(19)23(12-18)32-6-8-36-9-7-32/h2,4,10-13,17H,3,5-9,14-15H2,1H3,(H,31,35)/t17-/m0/s1. The summed E-state index contributed by atoms with van der Waals surface area (Å²) in [5.41, 5.74) is 3.12. The van der Waals surface area contributed by atoms with Crippen molar-refractivity contribution in [1.29, 1.82) is 0 Å². The molecule has 192 valence electrons. The minimum Gasteiger partial charge on any atom is -0.378 e. The molecule has 2 fully saturated rings. The zero-order chi connectivity index (χ0) is 25.4. The molecule has 0 saturated carbocycles. The van der Waals surface area contributed by atoms with Gasteiger partial charge in [0.05, 0.1) is 30.6 Å². The van der Waals surface area contributed by atoms with Crippen LogP contribution in [-0.4, -0.2) is 66.1 Å². The van der Waals surface area contributed by atoms with E-state index in [9.17, 15) is 22.4 Å². The quantitative estimate of drug-likeness (QED) is 0.502. The van der Waals surface area contributed by atoms with Gasteiger partial charge in [-0.25, -0.2) is 13.7 Å². The van der Waals surface area contributed by atoms with Gasteiger partial charge < -0.3 is 19.9 Å². The van der Waals surface area contributed by atoms with Gasteiger partial charge in [0.15, 0.2) is 0 Å². The minimum atomic E-state index is -4.27. The number of ether oxygens (including phenoxy) is 1. The number of benzene rings is 1. The van der Waals surface area contributed by atoms with E-state index >= 15 is 0 Å². The Bertz CT molecular complexity index is 1270. The molecule has 0 unspecified atom stereocenters. The molecule has 1 atom stereocenters. The van der Waals surface area contributed by atoms with Gasteiger partial charge in [-0.05, 0) is 66.3 Å². The lowest BCUT2D eigenvalue weighted by Crippen LogP contribution is -2.37. The summed E-state index contributed by atoms with van der Waals surface area (Å²) in [6.45, 7) is 4.64. The molecule has 2 amide bonds. The van der Waals surface area contributed by atoms with Gasteiger partial charge in [-0.15, -0.1) is 0 Å². The van der Waals surface area contributed by atoms with Crippen molar-refractivity contribution < 1.29 is 27.1 Å². The van der Waals surface area contributed by atoms with Crippen molar-refractivity contribution >= 4 is 23.1 Å². The van der Waals surface area contributed by atoms with E-state index in [1.54, 1.807) is 19.2 Å². The molecule has 3 aromatic rings. The number of nitrogens with zero attached hydrogens (tertiary/aromatic N) is 4. The first-order chi connectivity index (χ1) is 17.2. The molecule has 5 rings (SSSR count). The first kappa shape index (κ1) is 24.4. The van der Waals surface area contributed by atoms with E-state index in [1.807, 2.05) is 22.7 Å². The van der Waals surface area contributed by atoms with E-state index in [4.69, 9.17) is 4.74 Å². The number of carbonyl (C=O) groups is 1. The number of anilines is 2. The fraction of sp³-hybridized carbons (Fsp3) is 0.440. The molecule has 11 heteroatoms. The summed E-state index contributed by atoms with van der Waals surface area (Å²) >= 11 is 0. The number of carbonyl (C=O) groups excluding carboxylic acids is 1. The molecule has 2 aromatic heterocycles. The van der Waals surface area contributed by atoms with E-state index in [1.165, 1.54) is 11.0 Å². The number of pyridine rings is 1. The van der Waals surface area contributed by atoms with E-state index in [0.717, 1.165) is 22.5 Å². The second-order valence-corrected chi connectivity index (χ2v) is 9.37. The summed E-state index contributed by atoms with van der Waals surface area (Å²) in [6.07, 6.45) is -3.22. The third-order valence-electron chi connectivity index (χ3n) is 6.77. The van der Waals surface area contributed by atoms with Crippen LogP contribution in [0.5, 0.6) is 0 Å². The Kier molecular flexibility index (Phi) is 6.50. The van der Waals surface area contributed by atoms with Crippen LogP contribution < -0.4 is 10.2 Å². The predicted molar refractivity (Wildman–Crippen MR) is 128 cm³/mol. The molecule has 4 heterocycles. The van der Waals surface area contributed by atoms with Crippen molar-refractivity contribution in [2.45, 2.75) is 25.9 Å². The van der Waals surface area contributed by atoms with Crippen LogP contribution in [0, 0.1) is 18.7 Å². The van der Waals surface area contributed by atoms with Crippen molar-refractivity contribution in [2.24, 2.45) is 5.92 Å². The molecule has 7 nitrogen and oxygen atoms in total. The van der Waals surface area contributed by atoms with Crippen molar-refractivity contribution in [1.82, 2.24) is 14.5 Å². The third-order valence-corrected chi connectivity index (χ3v) is 6.77. The molecule has 1 N–H and O–H groups in total. The highest BCUT2D eigenvalue weighted by atomic mass is 19.4. The number of aromatic nitrogens is 2. The second-order valence-electron chi connectivity index (χ2n) is 9.37. The average Bonchev–Trinajstić information content (AvgIpc) is 3.49. The normalized spacial score (nSPS) is 18.8. The molecule has 0 aliphatic carbocycles. The van der Waals surface area contributed by atoms with E-state index < -0.39 is 30.4 Å². The van der Waals surface area contributed by atoms with Gasteiger partial charge in [-0.3, -0.25) is 0 Å². The number of hydrogen-bond donors (Lipinski definition) is 1. The van der Waals surface area contributed by atoms with Crippen molar-refractivity contribution in [3.63, 3.8) is 0 Å². The van der Waals surface area contributed by atoms with Crippen LogP contribution in [0.4, 0.5) is 33.9 Å². The molecule has 0 spiro atoms. The Hall–Kier alpha value is -3.34. The number of urea groups is 1. The first-order valence-electron chi connectivity index (χ1n) is 11.9. The van der Waals surface area contributed by atoms with Crippen LogP contribution in [0.15, 0.2) is 36.5 Å². The van der Waals surface area contributed by atoms with Crippen molar-refractivity contribution in [3.05, 3.63) is 47.9 Å². The summed E-state index contributed by atoms with van der Waals surface area (Å²) < 4.78 is 60.3. The summed E-state index contributed by atoms with van der Waals surface area (Å²) in [5, 5.41) is 7.00.